The predicted octanol–water partition coefficient (Wildman–Crippen LogP) is 4.26. The molecule has 0 fully saturated rings. The topological polar surface area (TPSA) is 94.3 Å². The van der Waals surface area contributed by atoms with Crippen molar-refractivity contribution in [1.82, 2.24) is 9.80 Å². The van der Waals surface area contributed by atoms with E-state index in [0.29, 0.717) is 36.3 Å². The van der Waals surface area contributed by atoms with Gasteiger partial charge in [0, 0.05) is 24.0 Å². The number of ketones is 1. The zero-order chi connectivity index (χ0) is 26.3. The number of Topliss-reactive ketones (excluding diaryl/α,β-unsaturated/α-hetero) is 1. The van der Waals surface area contributed by atoms with E-state index in [-0.39, 0.29) is 17.9 Å². The molecule has 192 valence electrons. The summed E-state index contributed by atoms with van der Waals surface area (Å²) in [5.41, 5.74) is -0.310. The monoisotopic (exact) mass is 501 g/mol. The Balaban J connectivity index is 1.70. The second kappa shape index (κ2) is 9.52. The van der Waals surface area contributed by atoms with Gasteiger partial charge in [0.2, 0.25) is 5.78 Å². The van der Waals surface area contributed by atoms with Crippen LogP contribution in [0.3, 0.4) is 0 Å². The van der Waals surface area contributed by atoms with Gasteiger partial charge in [-0.1, -0.05) is 49.7 Å². The Morgan fingerprint density at radius 1 is 1.03 bits per heavy atom. The Hall–Kier alpha value is -3.91. The molecule has 8 nitrogen and oxygen atoms in total. The number of nitrogens with zero attached hydrogens (tertiary/aromatic N) is 3. The maximum Gasteiger partial charge on any atom is 0.290 e. The van der Waals surface area contributed by atoms with Gasteiger partial charge in [-0.05, 0) is 51.7 Å². The number of anilines is 1. The molecule has 37 heavy (non-hydrogen) atoms. The molecule has 0 bridgehead atoms. The summed E-state index contributed by atoms with van der Waals surface area (Å²) >= 11 is 0. The molecule has 2 aromatic carbocycles. The number of unbranched alkanes of at least 4 members (excludes halogenated alkanes) is 1. The number of amides is 2. The van der Waals surface area contributed by atoms with Crippen molar-refractivity contribution in [2.24, 2.45) is 0 Å². The van der Waals surface area contributed by atoms with Crippen LogP contribution in [0.5, 0.6) is 0 Å². The molecule has 0 saturated carbocycles. The number of para-hydroxylation sites is 2. The Kier molecular flexibility index (Phi) is 6.37. The Morgan fingerprint density at radius 3 is 2.49 bits per heavy atom. The summed E-state index contributed by atoms with van der Waals surface area (Å²) in [6.45, 7) is 3.35. The van der Waals surface area contributed by atoms with E-state index in [0.717, 1.165) is 18.2 Å². The van der Waals surface area contributed by atoms with E-state index in [9.17, 15) is 19.5 Å². The normalized spacial score (nSPS) is 19.2. The van der Waals surface area contributed by atoms with Crippen LogP contribution in [0, 0.1) is 0 Å². The average molecular weight is 502 g/mol. The third kappa shape index (κ3) is 3.74. The molecule has 0 aliphatic carbocycles. The van der Waals surface area contributed by atoms with Crippen LogP contribution in [0.1, 0.15) is 42.3 Å². The molecule has 1 aromatic heterocycles. The van der Waals surface area contributed by atoms with Crippen LogP contribution < -0.4 is 4.90 Å². The standard InChI is InChI=1S/C29H31N3O5/c1-4-5-16-31-21-13-8-7-12-20(21)29(28(31)36)24(26(34)27(35)32(29)17-10-15-30(2)3)25(33)23-18-19-11-6-9-14-22(19)37-23/h6-9,11-14,18,34H,4-5,10,15-17H2,1-3H3/t29-/m1/s1. The molecule has 3 heterocycles. The van der Waals surface area contributed by atoms with E-state index in [4.69, 9.17) is 4.42 Å². The van der Waals surface area contributed by atoms with Crippen LogP contribution in [-0.4, -0.2) is 66.2 Å². The first-order chi connectivity index (χ1) is 17.8. The molecule has 2 aliphatic rings. The van der Waals surface area contributed by atoms with Crippen molar-refractivity contribution < 1.29 is 23.9 Å². The quantitative estimate of drug-likeness (QED) is 0.440. The molecule has 8 heteroatoms. The number of furan rings is 1. The first-order valence-electron chi connectivity index (χ1n) is 12.7. The second-order valence-corrected chi connectivity index (χ2v) is 9.85. The average Bonchev–Trinajstić information content (AvgIpc) is 3.49. The third-order valence-electron chi connectivity index (χ3n) is 7.19. The fourth-order valence-electron chi connectivity index (χ4n) is 5.47. The van der Waals surface area contributed by atoms with Gasteiger partial charge in [0.15, 0.2) is 17.1 Å². The highest BCUT2D eigenvalue weighted by atomic mass is 16.3. The summed E-state index contributed by atoms with van der Waals surface area (Å²) in [7, 11) is 3.85. The molecular weight excluding hydrogens is 470 g/mol. The highest BCUT2D eigenvalue weighted by molar-refractivity contribution is 6.26. The molecular formula is C29H31N3O5. The zero-order valence-electron chi connectivity index (χ0n) is 21.4. The largest absolute Gasteiger partial charge is 0.503 e. The Labute approximate surface area is 215 Å². The minimum Gasteiger partial charge on any atom is -0.503 e. The number of carbonyl (C=O) groups is 3. The third-order valence-corrected chi connectivity index (χ3v) is 7.19. The molecule has 5 rings (SSSR count). The number of hydrogen-bond acceptors (Lipinski definition) is 6. The van der Waals surface area contributed by atoms with Gasteiger partial charge in [-0.15, -0.1) is 0 Å². The van der Waals surface area contributed by atoms with E-state index in [1.165, 1.54) is 4.90 Å². The van der Waals surface area contributed by atoms with Crippen molar-refractivity contribution in [3.8, 4) is 0 Å². The first-order valence-corrected chi connectivity index (χ1v) is 12.7. The zero-order valence-corrected chi connectivity index (χ0v) is 21.4. The summed E-state index contributed by atoms with van der Waals surface area (Å²) in [6.07, 6.45) is 2.19. The Morgan fingerprint density at radius 2 is 1.76 bits per heavy atom. The molecule has 0 saturated heterocycles. The molecule has 0 radical (unpaired) electrons. The second-order valence-electron chi connectivity index (χ2n) is 9.85. The molecule has 2 amide bonds. The van der Waals surface area contributed by atoms with Crippen molar-refractivity contribution in [3.05, 3.63) is 77.3 Å². The van der Waals surface area contributed by atoms with Gasteiger partial charge >= 0.3 is 0 Å². The number of aliphatic hydroxyl groups excluding tert-OH is 1. The summed E-state index contributed by atoms with van der Waals surface area (Å²) < 4.78 is 5.84. The molecule has 2 aliphatic heterocycles. The van der Waals surface area contributed by atoms with Gasteiger partial charge < -0.3 is 24.2 Å². The summed E-state index contributed by atoms with van der Waals surface area (Å²) in [6, 6.07) is 16.0. The Bertz CT molecular complexity index is 1390. The highest BCUT2D eigenvalue weighted by Crippen LogP contribution is 2.53. The number of hydrogen-bond donors (Lipinski definition) is 1. The highest BCUT2D eigenvalue weighted by Gasteiger charge is 2.65. The first kappa shape index (κ1) is 24.8. The smallest absolute Gasteiger partial charge is 0.290 e. The van der Waals surface area contributed by atoms with Crippen molar-refractivity contribution >= 4 is 34.3 Å². The lowest BCUT2D eigenvalue weighted by Gasteiger charge is -2.36. The maximum absolute atomic E-state index is 14.4. The minimum atomic E-state index is -1.76. The van der Waals surface area contributed by atoms with Gasteiger partial charge in [0.05, 0.1) is 11.3 Å². The van der Waals surface area contributed by atoms with Crippen LogP contribution in [-0.2, 0) is 15.1 Å². The predicted molar refractivity (Wildman–Crippen MR) is 140 cm³/mol. The molecule has 1 spiro atoms. The van der Waals surface area contributed by atoms with Gasteiger partial charge in [-0.2, -0.15) is 0 Å². The van der Waals surface area contributed by atoms with Gasteiger partial charge in [-0.3, -0.25) is 14.4 Å². The maximum atomic E-state index is 14.4. The number of benzene rings is 2. The SMILES string of the molecule is CCCCN1C(=O)[C@]2(C(C(=O)c3cc4ccccc4o3)=C(O)C(=O)N2CCCN(C)C)c2ccccc21. The van der Waals surface area contributed by atoms with E-state index in [1.54, 1.807) is 35.2 Å². The van der Waals surface area contributed by atoms with Crippen LogP contribution in [0.4, 0.5) is 5.69 Å². The fraction of sp³-hybridized carbons (Fsp3) is 0.345. The van der Waals surface area contributed by atoms with Crippen LogP contribution in [0.15, 0.2) is 70.3 Å². The number of fused-ring (bicyclic) bond motifs is 3. The van der Waals surface area contributed by atoms with Gasteiger partial charge in [0.25, 0.3) is 11.8 Å². The lowest BCUT2D eigenvalue weighted by atomic mass is 9.81. The van der Waals surface area contributed by atoms with Gasteiger partial charge in [0.1, 0.15) is 5.58 Å². The minimum absolute atomic E-state index is 0.0256. The molecule has 0 unspecified atom stereocenters. The lowest BCUT2D eigenvalue weighted by Crippen LogP contribution is -2.54. The molecule has 3 aromatic rings. The number of carbonyl (C=O) groups excluding carboxylic acids is 3. The molecule has 1 N–H and O–H groups in total. The van der Waals surface area contributed by atoms with Crippen LogP contribution >= 0.6 is 0 Å². The van der Waals surface area contributed by atoms with E-state index >= 15 is 0 Å². The summed E-state index contributed by atoms with van der Waals surface area (Å²) in [5, 5.41) is 11.9. The fourth-order valence-corrected chi connectivity index (χ4v) is 5.47. The van der Waals surface area contributed by atoms with Crippen LogP contribution in [0.25, 0.3) is 11.0 Å². The van der Waals surface area contributed by atoms with E-state index in [1.807, 2.05) is 50.2 Å². The van der Waals surface area contributed by atoms with Crippen molar-refractivity contribution in [3.63, 3.8) is 0 Å². The van der Waals surface area contributed by atoms with Gasteiger partial charge in [-0.25, -0.2) is 0 Å². The number of aliphatic hydroxyl groups is 1. The lowest BCUT2D eigenvalue weighted by molar-refractivity contribution is -0.139. The van der Waals surface area contributed by atoms with Crippen LogP contribution in [0.2, 0.25) is 0 Å². The van der Waals surface area contributed by atoms with E-state index < -0.39 is 28.9 Å². The summed E-state index contributed by atoms with van der Waals surface area (Å²) in [4.78, 5) is 47.1. The molecule has 1 atom stereocenters. The van der Waals surface area contributed by atoms with Crippen molar-refractivity contribution in [1.29, 1.82) is 0 Å². The van der Waals surface area contributed by atoms with Crippen molar-refractivity contribution in [2.45, 2.75) is 31.7 Å². The van der Waals surface area contributed by atoms with Crippen molar-refractivity contribution in [2.75, 3.05) is 38.6 Å². The summed E-state index contributed by atoms with van der Waals surface area (Å²) in [5.74, 6) is -2.52. The number of rotatable bonds is 9. The van der Waals surface area contributed by atoms with E-state index in [2.05, 4.69) is 0 Å².